The third-order valence-electron chi connectivity index (χ3n) is 3.62. The van der Waals surface area contributed by atoms with E-state index in [0.717, 1.165) is 6.42 Å². The molecule has 2 N–H and O–H groups in total. The van der Waals surface area contributed by atoms with Gasteiger partial charge in [-0.2, -0.15) is 0 Å². The van der Waals surface area contributed by atoms with Gasteiger partial charge in [0.05, 0.1) is 5.92 Å². The van der Waals surface area contributed by atoms with E-state index in [1.54, 1.807) is 9.80 Å². The molecule has 2 atom stereocenters. The van der Waals surface area contributed by atoms with Crippen LogP contribution in [0.15, 0.2) is 0 Å². The Morgan fingerprint density at radius 3 is 2.29 bits per heavy atom. The van der Waals surface area contributed by atoms with Crippen molar-refractivity contribution < 1.29 is 19.8 Å². The van der Waals surface area contributed by atoms with Gasteiger partial charge in [-0.25, -0.2) is 4.79 Å². The van der Waals surface area contributed by atoms with Gasteiger partial charge in [-0.05, 0) is 12.8 Å². The SMILES string of the molecule is O=C(O)C1CCN(C(=O)N2CCC(CO)C2)C1. The van der Waals surface area contributed by atoms with Crippen LogP contribution in [0.1, 0.15) is 12.8 Å². The van der Waals surface area contributed by atoms with Crippen LogP contribution in [0.4, 0.5) is 4.79 Å². The lowest BCUT2D eigenvalue weighted by atomic mass is 10.1. The van der Waals surface area contributed by atoms with E-state index in [1.165, 1.54) is 0 Å². The average molecular weight is 242 g/mol. The Labute approximate surface area is 99.8 Å². The molecule has 2 rings (SSSR count). The van der Waals surface area contributed by atoms with Crippen LogP contribution in [0.2, 0.25) is 0 Å². The fraction of sp³-hybridized carbons (Fsp3) is 0.818. The van der Waals surface area contributed by atoms with Gasteiger partial charge < -0.3 is 20.0 Å². The molecule has 2 saturated heterocycles. The lowest BCUT2D eigenvalue weighted by molar-refractivity contribution is -0.141. The van der Waals surface area contributed by atoms with Gasteiger partial charge in [0.1, 0.15) is 0 Å². The molecule has 2 aliphatic rings. The number of aliphatic hydroxyl groups is 1. The number of aliphatic carboxylic acids is 1. The Morgan fingerprint density at radius 2 is 1.76 bits per heavy atom. The number of rotatable bonds is 2. The lowest BCUT2D eigenvalue weighted by Gasteiger charge is -2.24. The van der Waals surface area contributed by atoms with Gasteiger partial charge in [0.25, 0.3) is 0 Å². The molecule has 6 nitrogen and oxygen atoms in total. The summed E-state index contributed by atoms with van der Waals surface area (Å²) < 4.78 is 0. The minimum absolute atomic E-state index is 0.0790. The first-order valence-corrected chi connectivity index (χ1v) is 5.99. The zero-order valence-electron chi connectivity index (χ0n) is 9.71. The van der Waals surface area contributed by atoms with E-state index in [0.29, 0.717) is 32.6 Å². The second kappa shape index (κ2) is 4.91. The summed E-state index contributed by atoms with van der Waals surface area (Å²) in [5.41, 5.74) is 0. The highest BCUT2D eigenvalue weighted by Crippen LogP contribution is 2.21. The third-order valence-corrected chi connectivity index (χ3v) is 3.62. The normalized spacial score (nSPS) is 28.8. The summed E-state index contributed by atoms with van der Waals surface area (Å²) in [7, 11) is 0. The van der Waals surface area contributed by atoms with Crippen molar-refractivity contribution in [2.75, 3.05) is 32.8 Å². The van der Waals surface area contributed by atoms with Crippen LogP contribution in [0.3, 0.4) is 0 Å². The molecule has 0 aromatic carbocycles. The van der Waals surface area contributed by atoms with Gasteiger partial charge in [0.2, 0.25) is 0 Å². The van der Waals surface area contributed by atoms with E-state index < -0.39 is 11.9 Å². The van der Waals surface area contributed by atoms with Crippen molar-refractivity contribution in [3.63, 3.8) is 0 Å². The molecule has 2 heterocycles. The summed E-state index contributed by atoms with van der Waals surface area (Å²) in [6.45, 7) is 2.20. The third kappa shape index (κ3) is 2.52. The Hall–Kier alpha value is -1.30. The van der Waals surface area contributed by atoms with Crippen molar-refractivity contribution in [1.82, 2.24) is 9.80 Å². The Bertz CT molecular complexity index is 321. The number of carbonyl (C=O) groups excluding carboxylic acids is 1. The van der Waals surface area contributed by atoms with Crippen molar-refractivity contribution in [3.8, 4) is 0 Å². The molecule has 2 unspecified atom stereocenters. The van der Waals surface area contributed by atoms with Crippen molar-refractivity contribution in [3.05, 3.63) is 0 Å². The van der Waals surface area contributed by atoms with E-state index in [9.17, 15) is 9.59 Å². The monoisotopic (exact) mass is 242 g/mol. The zero-order valence-corrected chi connectivity index (χ0v) is 9.71. The topological polar surface area (TPSA) is 81.1 Å². The first-order chi connectivity index (χ1) is 8.11. The zero-order chi connectivity index (χ0) is 12.4. The number of amides is 2. The van der Waals surface area contributed by atoms with Crippen molar-refractivity contribution in [2.45, 2.75) is 12.8 Å². The number of carboxylic acids is 1. The fourth-order valence-corrected chi connectivity index (χ4v) is 2.49. The lowest BCUT2D eigenvalue weighted by Crippen LogP contribution is -2.41. The first kappa shape index (κ1) is 12.2. The van der Waals surface area contributed by atoms with E-state index in [1.807, 2.05) is 0 Å². The fourth-order valence-electron chi connectivity index (χ4n) is 2.49. The smallest absolute Gasteiger partial charge is 0.320 e. The molecule has 0 spiro atoms. The average Bonchev–Trinajstić information content (AvgIpc) is 2.97. The molecule has 2 aliphatic heterocycles. The number of urea groups is 1. The molecule has 17 heavy (non-hydrogen) atoms. The molecule has 2 fully saturated rings. The van der Waals surface area contributed by atoms with E-state index in [2.05, 4.69) is 0 Å². The molecule has 0 radical (unpaired) electrons. The number of hydrogen-bond donors (Lipinski definition) is 2. The van der Waals surface area contributed by atoms with Crippen LogP contribution in [0.5, 0.6) is 0 Å². The highest BCUT2D eigenvalue weighted by atomic mass is 16.4. The first-order valence-electron chi connectivity index (χ1n) is 5.99. The van der Waals surface area contributed by atoms with Crippen molar-refractivity contribution in [2.24, 2.45) is 11.8 Å². The maximum Gasteiger partial charge on any atom is 0.320 e. The second-order valence-electron chi connectivity index (χ2n) is 4.84. The standard InChI is InChI=1S/C11H18N2O4/c14-7-8-1-3-12(5-8)11(17)13-4-2-9(6-13)10(15)16/h8-9,14H,1-7H2,(H,15,16). The molecule has 0 aromatic rings. The number of carbonyl (C=O) groups is 2. The van der Waals surface area contributed by atoms with E-state index in [4.69, 9.17) is 10.2 Å². The van der Waals surface area contributed by atoms with Gasteiger partial charge >= 0.3 is 12.0 Å². The van der Waals surface area contributed by atoms with Gasteiger partial charge in [-0.15, -0.1) is 0 Å². The predicted molar refractivity (Wildman–Crippen MR) is 59.5 cm³/mol. The quantitative estimate of drug-likeness (QED) is 0.704. The number of likely N-dealkylation sites (tertiary alicyclic amines) is 2. The summed E-state index contributed by atoms with van der Waals surface area (Å²) >= 11 is 0. The van der Waals surface area contributed by atoms with Gasteiger partial charge in [0.15, 0.2) is 0 Å². The Kier molecular flexibility index (Phi) is 3.51. The van der Waals surface area contributed by atoms with Gasteiger partial charge in [0, 0.05) is 38.7 Å². The van der Waals surface area contributed by atoms with Crippen LogP contribution in [0, 0.1) is 11.8 Å². The predicted octanol–water partition coefficient (Wildman–Crippen LogP) is -0.173. The summed E-state index contributed by atoms with van der Waals surface area (Å²) in [4.78, 5) is 26.2. The second-order valence-corrected chi connectivity index (χ2v) is 4.84. The molecular formula is C11H18N2O4. The van der Waals surface area contributed by atoms with Gasteiger partial charge in [-0.1, -0.05) is 0 Å². The molecule has 96 valence electrons. The minimum Gasteiger partial charge on any atom is -0.481 e. The molecular weight excluding hydrogens is 224 g/mol. The van der Waals surface area contributed by atoms with Crippen LogP contribution < -0.4 is 0 Å². The molecule has 0 aliphatic carbocycles. The maximum atomic E-state index is 12.1. The summed E-state index contributed by atoms with van der Waals surface area (Å²) in [5, 5.41) is 17.9. The van der Waals surface area contributed by atoms with Crippen molar-refractivity contribution >= 4 is 12.0 Å². The summed E-state index contributed by atoms with van der Waals surface area (Å²) in [5.74, 6) is -1.07. The molecule has 2 amide bonds. The van der Waals surface area contributed by atoms with Crippen LogP contribution in [0.25, 0.3) is 0 Å². The molecule has 6 heteroatoms. The highest BCUT2D eigenvalue weighted by molar-refractivity contribution is 5.77. The van der Waals surface area contributed by atoms with Crippen LogP contribution >= 0.6 is 0 Å². The summed E-state index contributed by atoms with van der Waals surface area (Å²) in [6, 6.07) is -0.0790. The van der Waals surface area contributed by atoms with E-state index >= 15 is 0 Å². The van der Waals surface area contributed by atoms with E-state index in [-0.39, 0.29) is 18.6 Å². The molecule has 0 bridgehead atoms. The number of hydrogen-bond acceptors (Lipinski definition) is 3. The van der Waals surface area contributed by atoms with Crippen LogP contribution in [-0.4, -0.2) is 64.8 Å². The van der Waals surface area contributed by atoms with Gasteiger partial charge in [-0.3, -0.25) is 4.79 Å². The van der Waals surface area contributed by atoms with Crippen LogP contribution in [-0.2, 0) is 4.79 Å². The number of nitrogens with zero attached hydrogens (tertiary/aromatic N) is 2. The summed E-state index contributed by atoms with van der Waals surface area (Å²) in [6.07, 6.45) is 1.37. The molecule has 0 saturated carbocycles. The number of aliphatic hydroxyl groups excluding tert-OH is 1. The molecule has 0 aromatic heterocycles. The Balaban J connectivity index is 1.87. The number of carboxylic acid groups (broad SMARTS) is 1. The highest BCUT2D eigenvalue weighted by Gasteiger charge is 2.35. The minimum atomic E-state index is -0.824. The largest absolute Gasteiger partial charge is 0.481 e. The van der Waals surface area contributed by atoms with Crippen molar-refractivity contribution in [1.29, 1.82) is 0 Å². The Morgan fingerprint density at radius 1 is 1.12 bits per heavy atom. The maximum absolute atomic E-state index is 12.1.